The van der Waals surface area contributed by atoms with Crippen molar-refractivity contribution in [3.05, 3.63) is 24.8 Å². The summed E-state index contributed by atoms with van der Waals surface area (Å²) in [5.74, 6) is -0.724. The van der Waals surface area contributed by atoms with Crippen molar-refractivity contribution in [2.45, 2.75) is 19.8 Å². The highest BCUT2D eigenvalue weighted by molar-refractivity contribution is 7.80. The lowest BCUT2D eigenvalue weighted by atomic mass is 9.78. The van der Waals surface area contributed by atoms with Gasteiger partial charge in [-0.2, -0.15) is 0 Å². The molecule has 16 heavy (non-hydrogen) atoms. The van der Waals surface area contributed by atoms with Gasteiger partial charge in [-0.1, -0.05) is 18.2 Å². The molecule has 2 amide bonds. The Balaban J connectivity index is 3.05. The van der Waals surface area contributed by atoms with E-state index in [1.54, 1.807) is 18.2 Å². The van der Waals surface area contributed by atoms with Crippen LogP contribution in [0.15, 0.2) is 24.8 Å². The molecule has 1 saturated heterocycles. The van der Waals surface area contributed by atoms with E-state index in [9.17, 15) is 9.59 Å². The highest BCUT2D eigenvalue weighted by atomic mass is 32.1. The summed E-state index contributed by atoms with van der Waals surface area (Å²) >= 11 is 4.75. The third-order valence-electron chi connectivity index (χ3n) is 2.52. The largest absolute Gasteiger partial charge is 0.302 e. The van der Waals surface area contributed by atoms with Gasteiger partial charge in [0.15, 0.2) is 5.11 Å². The highest BCUT2D eigenvalue weighted by Crippen LogP contribution is 2.30. The molecular weight excluding hydrogens is 224 g/mol. The fraction of sp³-hybridized carbons (Fsp3) is 0.364. The Bertz CT molecular complexity index is 354. The van der Waals surface area contributed by atoms with Gasteiger partial charge in [-0.25, -0.2) is 0 Å². The molecule has 1 aliphatic heterocycles. The summed E-state index contributed by atoms with van der Waals surface area (Å²) in [4.78, 5) is 23.8. The van der Waals surface area contributed by atoms with Gasteiger partial charge in [-0.15, -0.1) is 6.58 Å². The van der Waals surface area contributed by atoms with Crippen molar-refractivity contribution in [1.82, 2.24) is 10.6 Å². The second kappa shape index (κ2) is 5.03. The van der Waals surface area contributed by atoms with Gasteiger partial charge in [0.05, 0.1) is 0 Å². The maximum absolute atomic E-state index is 11.9. The van der Waals surface area contributed by atoms with Crippen molar-refractivity contribution in [1.29, 1.82) is 0 Å². The van der Waals surface area contributed by atoms with Crippen molar-refractivity contribution in [2.24, 2.45) is 5.41 Å². The molecule has 0 aliphatic carbocycles. The minimum atomic E-state index is -1.11. The summed E-state index contributed by atoms with van der Waals surface area (Å²) in [5.41, 5.74) is -1.11. The van der Waals surface area contributed by atoms with E-state index in [0.29, 0.717) is 6.42 Å². The van der Waals surface area contributed by atoms with Gasteiger partial charge in [-0.3, -0.25) is 9.59 Å². The first kappa shape index (κ1) is 12.6. The molecular formula is C11H14N2O2S. The first-order valence-electron chi connectivity index (χ1n) is 4.95. The molecule has 0 radical (unpaired) electrons. The van der Waals surface area contributed by atoms with Crippen molar-refractivity contribution in [3.8, 4) is 0 Å². The van der Waals surface area contributed by atoms with Gasteiger partial charge in [-0.05, 0) is 32.0 Å². The number of hydrogen-bond donors (Lipinski definition) is 2. The molecule has 1 fully saturated rings. The summed E-state index contributed by atoms with van der Waals surface area (Å²) < 4.78 is 0. The molecule has 0 spiro atoms. The zero-order valence-corrected chi connectivity index (χ0v) is 9.89. The molecule has 1 rings (SSSR count). The lowest BCUT2D eigenvalue weighted by Gasteiger charge is -2.33. The Morgan fingerprint density at radius 2 is 1.88 bits per heavy atom. The van der Waals surface area contributed by atoms with Gasteiger partial charge in [0.2, 0.25) is 11.8 Å². The minimum absolute atomic E-state index is 0.0650. The van der Waals surface area contributed by atoms with E-state index in [1.807, 2.05) is 6.92 Å². The monoisotopic (exact) mass is 238 g/mol. The Morgan fingerprint density at radius 3 is 2.31 bits per heavy atom. The molecule has 0 aromatic carbocycles. The van der Waals surface area contributed by atoms with Crippen LogP contribution < -0.4 is 10.6 Å². The number of carbonyl (C=O) groups excluding carboxylic acids is 2. The van der Waals surface area contributed by atoms with E-state index in [4.69, 9.17) is 12.2 Å². The van der Waals surface area contributed by atoms with Crippen LogP contribution in [-0.4, -0.2) is 16.9 Å². The molecule has 0 bridgehead atoms. The molecule has 4 nitrogen and oxygen atoms in total. The number of hydrogen-bond acceptors (Lipinski definition) is 3. The van der Waals surface area contributed by atoms with Gasteiger partial charge in [0.1, 0.15) is 5.41 Å². The summed E-state index contributed by atoms with van der Waals surface area (Å²) in [7, 11) is 0. The summed E-state index contributed by atoms with van der Waals surface area (Å²) in [6.45, 7) is 5.42. The first-order chi connectivity index (χ1) is 7.56. The number of carbonyl (C=O) groups is 2. The van der Waals surface area contributed by atoms with Crippen LogP contribution in [0.2, 0.25) is 0 Å². The zero-order valence-electron chi connectivity index (χ0n) is 9.08. The molecule has 0 atom stereocenters. The SMILES string of the molecule is C=CCC1(CC=CC)C(=O)NC(=S)NC1=O. The van der Waals surface area contributed by atoms with Crippen molar-refractivity contribution < 1.29 is 9.59 Å². The van der Waals surface area contributed by atoms with Crippen molar-refractivity contribution in [2.75, 3.05) is 0 Å². The maximum atomic E-state index is 11.9. The average molecular weight is 238 g/mol. The number of rotatable bonds is 4. The Labute approximate surface area is 99.8 Å². The van der Waals surface area contributed by atoms with Crippen LogP contribution in [0.1, 0.15) is 19.8 Å². The van der Waals surface area contributed by atoms with E-state index < -0.39 is 5.41 Å². The van der Waals surface area contributed by atoms with Crippen molar-refractivity contribution in [3.63, 3.8) is 0 Å². The number of amides is 2. The van der Waals surface area contributed by atoms with Crippen LogP contribution in [0.3, 0.4) is 0 Å². The molecule has 0 aromatic heterocycles. The maximum Gasteiger partial charge on any atom is 0.242 e. The van der Waals surface area contributed by atoms with E-state index in [0.717, 1.165) is 0 Å². The molecule has 86 valence electrons. The Kier molecular flexibility index (Phi) is 3.95. The highest BCUT2D eigenvalue weighted by Gasteiger charge is 2.47. The number of thiocarbonyl (C=S) groups is 1. The fourth-order valence-corrected chi connectivity index (χ4v) is 1.78. The number of nitrogens with one attached hydrogen (secondary N) is 2. The molecule has 0 aromatic rings. The van der Waals surface area contributed by atoms with Gasteiger partial charge in [0, 0.05) is 0 Å². The van der Waals surface area contributed by atoms with E-state index in [2.05, 4.69) is 17.2 Å². The average Bonchev–Trinajstić information content (AvgIpc) is 2.22. The third kappa shape index (κ3) is 2.19. The molecule has 2 N–H and O–H groups in total. The van der Waals surface area contributed by atoms with Crippen LogP contribution in [0, 0.1) is 5.41 Å². The van der Waals surface area contributed by atoms with Gasteiger partial charge >= 0.3 is 0 Å². The molecule has 5 heteroatoms. The minimum Gasteiger partial charge on any atom is -0.302 e. The van der Waals surface area contributed by atoms with Crippen LogP contribution in [0.4, 0.5) is 0 Å². The second-order valence-corrected chi connectivity index (χ2v) is 3.99. The lowest BCUT2D eigenvalue weighted by molar-refractivity contribution is -0.143. The Morgan fingerprint density at radius 1 is 1.31 bits per heavy atom. The predicted octanol–water partition coefficient (Wildman–Crippen LogP) is 1.05. The molecule has 0 unspecified atom stereocenters. The van der Waals surface area contributed by atoms with Crippen LogP contribution in [-0.2, 0) is 9.59 Å². The fourth-order valence-electron chi connectivity index (χ4n) is 1.60. The van der Waals surface area contributed by atoms with E-state index in [1.165, 1.54) is 0 Å². The number of allylic oxidation sites excluding steroid dienone is 3. The van der Waals surface area contributed by atoms with E-state index in [-0.39, 0.29) is 23.3 Å². The zero-order chi connectivity index (χ0) is 12.2. The van der Waals surface area contributed by atoms with Crippen molar-refractivity contribution >= 4 is 29.1 Å². The topological polar surface area (TPSA) is 58.2 Å². The summed E-state index contributed by atoms with van der Waals surface area (Å²) in [5, 5.41) is 5.01. The smallest absolute Gasteiger partial charge is 0.242 e. The summed E-state index contributed by atoms with van der Waals surface area (Å²) in [6, 6.07) is 0. The standard InChI is InChI=1S/C11H14N2O2S/c1-3-5-7-11(6-4-2)8(14)12-10(16)13-9(11)15/h3-5H,2,6-7H2,1H3,(H2,12,13,14,15,16). The predicted molar refractivity (Wildman–Crippen MR) is 65.6 cm³/mol. The normalized spacial score (nSPS) is 19.4. The molecule has 0 saturated carbocycles. The van der Waals surface area contributed by atoms with Crippen LogP contribution in [0.5, 0.6) is 0 Å². The van der Waals surface area contributed by atoms with Gasteiger partial charge in [0.25, 0.3) is 0 Å². The van der Waals surface area contributed by atoms with Crippen LogP contribution >= 0.6 is 12.2 Å². The Hall–Kier alpha value is -1.49. The second-order valence-electron chi connectivity index (χ2n) is 3.59. The molecule has 1 aliphatic rings. The molecule has 1 heterocycles. The first-order valence-corrected chi connectivity index (χ1v) is 5.36. The third-order valence-corrected chi connectivity index (χ3v) is 2.72. The van der Waals surface area contributed by atoms with Gasteiger partial charge < -0.3 is 10.6 Å². The van der Waals surface area contributed by atoms with E-state index >= 15 is 0 Å². The summed E-state index contributed by atoms with van der Waals surface area (Å²) in [6.07, 6.45) is 5.79. The van der Waals surface area contributed by atoms with Crippen LogP contribution in [0.25, 0.3) is 0 Å². The quantitative estimate of drug-likeness (QED) is 0.437. The lowest BCUT2D eigenvalue weighted by Crippen LogP contribution is -2.62.